The van der Waals surface area contributed by atoms with Crippen LogP contribution in [0.25, 0.3) is 0 Å². The van der Waals surface area contributed by atoms with Crippen LogP contribution in [0.15, 0.2) is 0 Å². The van der Waals surface area contributed by atoms with E-state index in [9.17, 15) is 0 Å². The van der Waals surface area contributed by atoms with Crippen LogP contribution in [0.2, 0.25) is 0 Å². The minimum absolute atomic E-state index is 0.782. The molecule has 1 heteroatoms. The topological polar surface area (TPSA) is 0 Å². The van der Waals surface area contributed by atoms with Gasteiger partial charge in [-0.2, -0.15) is 0 Å². The van der Waals surface area contributed by atoms with E-state index in [-0.39, 0.29) is 0 Å². The standard InChI is InChI=1S/C10H24N/c1-6-9-11(7-2,8-3)10(4)5/h10H,6-9H2,1-5H3/q+1. The molecule has 0 aliphatic carbocycles. The molecule has 0 bridgehead atoms. The number of quaternary nitrogens is 1. The molecule has 0 rings (SSSR count). The van der Waals surface area contributed by atoms with Crippen molar-refractivity contribution in [3.8, 4) is 0 Å². The van der Waals surface area contributed by atoms with Crippen molar-refractivity contribution in [2.45, 2.75) is 47.1 Å². The second-order valence-electron chi connectivity index (χ2n) is 3.67. The predicted octanol–water partition coefficient (Wildman–Crippen LogP) is 2.66. The first-order valence-electron chi connectivity index (χ1n) is 4.98. The van der Waals surface area contributed by atoms with Gasteiger partial charge in [0.25, 0.3) is 0 Å². The van der Waals surface area contributed by atoms with Gasteiger partial charge in [-0.3, -0.25) is 0 Å². The summed E-state index contributed by atoms with van der Waals surface area (Å²) in [5.41, 5.74) is 0. The van der Waals surface area contributed by atoms with Crippen molar-refractivity contribution < 1.29 is 4.48 Å². The molecular weight excluding hydrogens is 134 g/mol. The fraction of sp³-hybridized carbons (Fsp3) is 1.00. The van der Waals surface area contributed by atoms with E-state index >= 15 is 0 Å². The highest BCUT2D eigenvalue weighted by atomic mass is 15.4. The summed E-state index contributed by atoms with van der Waals surface area (Å²) in [7, 11) is 0. The van der Waals surface area contributed by atoms with Crippen LogP contribution in [0.4, 0.5) is 0 Å². The van der Waals surface area contributed by atoms with E-state index in [0.29, 0.717) is 0 Å². The third-order valence-corrected chi connectivity index (χ3v) is 3.02. The Morgan fingerprint density at radius 1 is 1.00 bits per heavy atom. The Morgan fingerprint density at radius 2 is 1.45 bits per heavy atom. The van der Waals surface area contributed by atoms with E-state index in [1.54, 1.807) is 0 Å². The van der Waals surface area contributed by atoms with Gasteiger partial charge in [0.05, 0.1) is 25.7 Å². The maximum atomic E-state index is 2.34. The molecule has 11 heavy (non-hydrogen) atoms. The van der Waals surface area contributed by atoms with Gasteiger partial charge in [-0.1, -0.05) is 6.92 Å². The number of hydrogen-bond donors (Lipinski definition) is 0. The minimum Gasteiger partial charge on any atom is -0.322 e. The molecule has 1 nitrogen and oxygen atoms in total. The van der Waals surface area contributed by atoms with Crippen molar-refractivity contribution in [1.29, 1.82) is 0 Å². The number of hydrogen-bond acceptors (Lipinski definition) is 0. The quantitative estimate of drug-likeness (QED) is 0.540. The third kappa shape index (κ3) is 2.48. The van der Waals surface area contributed by atoms with Crippen LogP contribution >= 0.6 is 0 Å². The Bertz CT molecular complexity index is 93.0. The summed E-state index contributed by atoms with van der Waals surface area (Å²) < 4.78 is 1.29. The van der Waals surface area contributed by atoms with Gasteiger partial charge in [0, 0.05) is 0 Å². The summed E-state index contributed by atoms with van der Waals surface area (Å²) in [6, 6.07) is 0.782. The molecule has 0 aromatic carbocycles. The van der Waals surface area contributed by atoms with E-state index in [2.05, 4.69) is 34.6 Å². The Morgan fingerprint density at radius 3 is 1.55 bits per heavy atom. The summed E-state index contributed by atoms with van der Waals surface area (Å²) >= 11 is 0. The molecule has 0 atom stereocenters. The van der Waals surface area contributed by atoms with E-state index < -0.39 is 0 Å². The zero-order valence-electron chi connectivity index (χ0n) is 8.85. The van der Waals surface area contributed by atoms with Crippen LogP contribution in [0.5, 0.6) is 0 Å². The van der Waals surface area contributed by atoms with Crippen LogP contribution in [-0.4, -0.2) is 30.2 Å². The van der Waals surface area contributed by atoms with Crippen LogP contribution in [0.1, 0.15) is 41.0 Å². The molecule has 0 radical (unpaired) electrons. The molecule has 68 valence electrons. The molecule has 0 amide bonds. The van der Waals surface area contributed by atoms with Gasteiger partial charge in [0.2, 0.25) is 0 Å². The molecule has 0 saturated heterocycles. The molecule has 0 aromatic heterocycles. The molecule has 0 unspecified atom stereocenters. The maximum Gasteiger partial charge on any atom is 0.0833 e. The normalized spacial score (nSPS) is 12.5. The molecule has 0 heterocycles. The molecule has 0 N–H and O–H groups in total. The lowest BCUT2D eigenvalue weighted by atomic mass is 10.2. The van der Waals surface area contributed by atoms with Crippen molar-refractivity contribution >= 4 is 0 Å². The van der Waals surface area contributed by atoms with E-state index in [0.717, 1.165) is 6.04 Å². The van der Waals surface area contributed by atoms with Gasteiger partial charge < -0.3 is 4.48 Å². The SMILES string of the molecule is CCC[N+](CC)(CC)C(C)C. The highest BCUT2D eigenvalue weighted by Gasteiger charge is 2.25. The van der Waals surface area contributed by atoms with Crippen molar-refractivity contribution in [1.82, 2.24) is 0 Å². The average Bonchev–Trinajstić information content (AvgIpc) is 2.00. The van der Waals surface area contributed by atoms with Gasteiger partial charge in [-0.05, 0) is 34.1 Å². The highest BCUT2D eigenvalue weighted by Crippen LogP contribution is 2.13. The van der Waals surface area contributed by atoms with Gasteiger partial charge in [0.1, 0.15) is 0 Å². The molecule has 0 fully saturated rings. The van der Waals surface area contributed by atoms with Crippen molar-refractivity contribution in [3.05, 3.63) is 0 Å². The second kappa shape index (κ2) is 4.76. The van der Waals surface area contributed by atoms with Crippen molar-refractivity contribution in [3.63, 3.8) is 0 Å². The zero-order chi connectivity index (χ0) is 8.91. The first-order valence-corrected chi connectivity index (χ1v) is 4.98. The predicted molar refractivity (Wildman–Crippen MR) is 51.6 cm³/mol. The molecule has 0 saturated carbocycles. The largest absolute Gasteiger partial charge is 0.322 e. The Kier molecular flexibility index (Phi) is 4.74. The molecule has 0 aromatic rings. The van der Waals surface area contributed by atoms with Crippen molar-refractivity contribution in [2.24, 2.45) is 0 Å². The average molecular weight is 158 g/mol. The smallest absolute Gasteiger partial charge is 0.0833 e. The molecule has 0 aliphatic rings. The van der Waals surface area contributed by atoms with E-state index in [4.69, 9.17) is 0 Å². The Balaban J connectivity index is 4.20. The lowest BCUT2D eigenvalue weighted by molar-refractivity contribution is -0.944. The van der Waals surface area contributed by atoms with Gasteiger partial charge in [0.15, 0.2) is 0 Å². The van der Waals surface area contributed by atoms with Crippen LogP contribution in [0.3, 0.4) is 0 Å². The summed E-state index contributed by atoms with van der Waals surface area (Å²) in [6.45, 7) is 15.5. The zero-order valence-corrected chi connectivity index (χ0v) is 8.85. The summed E-state index contributed by atoms with van der Waals surface area (Å²) in [5, 5.41) is 0. The lowest BCUT2D eigenvalue weighted by Crippen LogP contribution is -2.53. The van der Waals surface area contributed by atoms with Gasteiger partial charge >= 0.3 is 0 Å². The molecular formula is C10H24N+. The second-order valence-corrected chi connectivity index (χ2v) is 3.67. The fourth-order valence-corrected chi connectivity index (χ4v) is 1.97. The summed E-state index contributed by atoms with van der Waals surface area (Å²) in [6.07, 6.45) is 1.31. The minimum atomic E-state index is 0.782. The van der Waals surface area contributed by atoms with Crippen molar-refractivity contribution in [2.75, 3.05) is 19.6 Å². The number of rotatable bonds is 5. The van der Waals surface area contributed by atoms with Crippen LogP contribution in [0, 0.1) is 0 Å². The number of nitrogens with zero attached hydrogens (tertiary/aromatic N) is 1. The first-order chi connectivity index (χ1) is 5.13. The van der Waals surface area contributed by atoms with Crippen LogP contribution < -0.4 is 0 Å². The summed E-state index contributed by atoms with van der Waals surface area (Å²) in [5.74, 6) is 0. The summed E-state index contributed by atoms with van der Waals surface area (Å²) in [4.78, 5) is 0. The fourth-order valence-electron chi connectivity index (χ4n) is 1.97. The maximum absolute atomic E-state index is 2.34. The van der Waals surface area contributed by atoms with E-state index in [1.165, 1.54) is 30.5 Å². The van der Waals surface area contributed by atoms with Crippen LogP contribution in [-0.2, 0) is 0 Å². The van der Waals surface area contributed by atoms with Gasteiger partial charge in [-0.25, -0.2) is 0 Å². The molecule has 0 spiro atoms. The monoisotopic (exact) mass is 158 g/mol. The third-order valence-electron chi connectivity index (χ3n) is 3.02. The lowest BCUT2D eigenvalue weighted by Gasteiger charge is -2.40. The first kappa shape index (κ1) is 11.0. The Labute approximate surface area is 72.0 Å². The molecule has 0 aliphatic heterocycles. The van der Waals surface area contributed by atoms with E-state index in [1.807, 2.05) is 0 Å². The Hall–Kier alpha value is -0.0400. The van der Waals surface area contributed by atoms with Gasteiger partial charge in [-0.15, -0.1) is 0 Å². The highest BCUT2D eigenvalue weighted by molar-refractivity contribution is 4.45.